The Morgan fingerprint density at radius 1 is 1.19 bits per heavy atom. The maximum atomic E-state index is 12.7. The number of nitrogens with zero attached hydrogens (tertiary/aromatic N) is 1. The van der Waals surface area contributed by atoms with Crippen molar-refractivity contribution in [3.63, 3.8) is 0 Å². The van der Waals surface area contributed by atoms with E-state index in [0.29, 0.717) is 12.1 Å². The molecule has 0 unspecified atom stereocenters. The van der Waals surface area contributed by atoms with Gasteiger partial charge in [0.05, 0.1) is 0 Å². The Balaban J connectivity index is 3.21. The lowest BCUT2D eigenvalue weighted by Gasteiger charge is -2.16. The van der Waals surface area contributed by atoms with Crippen molar-refractivity contribution >= 4 is 5.91 Å². The topological polar surface area (TPSA) is 74.3 Å². The highest BCUT2D eigenvalue weighted by molar-refractivity contribution is 5.92. The first kappa shape index (κ1) is 17.0. The van der Waals surface area contributed by atoms with E-state index in [1.165, 1.54) is 0 Å². The maximum absolute atomic E-state index is 12.7. The van der Waals surface area contributed by atoms with Crippen molar-refractivity contribution in [1.29, 1.82) is 0 Å². The summed E-state index contributed by atoms with van der Waals surface area (Å²) in [6.45, 7) is -3.17. The van der Waals surface area contributed by atoms with Gasteiger partial charge in [0.1, 0.15) is 24.6 Å². The number of pyridine rings is 1. The minimum absolute atomic E-state index is 0.133. The lowest BCUT2D eigenvalue weighted by molar-refractivity contribution is -0.185. The second-order valence-electron chi connectivity index (χ2n) is 3.82. The van der Waals surface area contributed by atoms with Gasteiger partial charge in [0.15, 0.2) is 0 Å². The van der Waals surface area contributed by atoms with Crippen LogP contribution in [0.5, 0.6) is 0 Å². The molecule has 0 saturated carbocycles. The lowest BCUT2D eigenvalue weighted by atomic mass is 10.2. The first-order chi connectivity index (χ1) is 9.43. The molecule has 0 spiro atoms. The van der Waals surface area contributed by atoms with Gasteiger partial charge < -0.3 is 10.5 Å². The average Bonchev–Trinajstić information content (AvgIpc) is 2.27. The van der Waals surface area contributed by atoms with Crippen molar-refractivity contribution in [2.45, 2.75) is 19.1 Å². The summed E-state index contributed by atoms with van der Waals surface area (Å²) in [5, 5.41) is 0. The second kappa shape index (κ2) is 5.76. The van der Waals surface area contributed by atoms with Crippen molar-refractivity contribution < 1.29 is 35.9 Å². The molecule has 1 rings (SSSR count). The normalized spacial score (nSPS) is 12.5. The monoisotopic (exact) mass is 318 g/mol. The molecule has 11 heteroatoms. The number of rotatable bonds is 4. The van der Waals surface area contributed by atoms with E-state index in [2.05, 4.69) is 4.74 Å². The van der Waals surface area contributed by atoms with Gasteiger partial charge in [0.2, 0.25) is 0 Å². The molecule has 0 bridgehead atoms. The maximum Gasteiger partial charge on any atom is 0.431 e. The molecule has 1 heterocycles. The van der Waals surface area contributed by atoms with Gasteiger partial charge in [0, 0.05) is 0 Å². The fourth-order valence-electron chi connectivity index (χ4n) is 1.39. The highest BCUT2D eigenvalue weighted by Crippen LogP contribution is 2.28. The molecule has 0 aliphatic heterocycles. The average molecular weight is 318 g/mol. The Morgan fingerprint density at radius 2 is 1.76 bits per heavy atom. The minimum atomic E-state index is -5.02. The van der Waals surface area contributed by atoms with Crippen molar-refractivity contribution in [3.05, 3.63) is 33.7 Å². The number of hydrogen-bond acceptors (Lipinski definition) is 3. The molecule has 0 saturated heterocycles. The summed E-state index contributed by atoms with van der Waals surface area (Å²) in [5.41, 5.74) is 0.951. The molecule has 0 aromatic carbocycles. The molecule has 5 nitrogen and oxygen atoms in total. The van der Waals surface area contributed by atoms with E-state index in [4.69, 9.17) is 5.73 Å². The summed E-state index contributed by atoms with van der Waals surface area (Å²) >= 11 is 0. The molecule has 1 aromatic rings. The minimum Gasteiger partial charge on any atom is -0.365 e. The molecule has 0 atom stereocenters. The van der Waals surface area contributed by atoms with E-state index in [1.807, 2.05) is 0 Å². The zero-order valence-electron chi connectivity index (χ0n) is 10.1. The second-order valence-corrected chi connectivity index (χ2v) is 3.82. The largest absolute Gasteiger partial charge is 0.431 e. The van der Waals surface area contributed by atoms with Crippen LogP contribution in [0.1, 0.15) is 16.1 Å². The Bertz CT molecular complexity index is 590. The van der Waals surface area contributed by atoms with Crippen LogP contribution in [-0.2, 0) is 17.6 Å². The molecule has 1 aromatic heterocycles. The van der Waals surface area contributed by atoms with Crippen LogP contribution in [0.15, 0.2) is 16.9 Å². The Morgan fingerprint density at radius 3 is 2.19 bits per heavy atom. The molecule has 0 aliphatic carbocycles. The van der Waals surface area contributed by atoms with Gasteiger partial charge in [-0.1, -0.05) is 0 Å². The number of amides is 1. The van der Waals surface area contributed by atoms with Crippen LogP contribution < -0.4 is 11.3 Å². The standard InChI is InChI=1S/C10H8F6N2O3/c11-9(12,13)3-21-4-18-6(10(14,15)16)2-1-5(7(17)19)8(18)20/h1-2H,3-4H2,(H2,17,19). The third-order valence-electron chi connectivity index (χ3n) is 2.22. The SMILES string of the molecule is NC(=O)c1ccc(C(F)(F)F)n(COCC(F)(F)F)c1=O. The molecule has 118 valence electrons. The fourth-order valence-corrected chi connectivity index (χ4v) is 1.39. The molecule has 0 radical (unpaired) electrons. The van der Waals surface area contributed by atoms with Crippen LogP contribution >= 0.6 is 0 Å². The van der Waals surface area contributed by atoms with Crippen LogP contribution in [0.3, 0.4) is 0 Å². The predicted molar refractivity (Wildman–Crippen MR) is 56.2 cm³/mol. The Kier molecular flexibility index (Phi) is 4.66. The summed E-state index contributed by atoms with van der Waals surface area (Å²) in [5.74, 6) is -1.31. The summed E-state index contributed by atoms with van der Waals surface area (Å²) in [7, 11) is 0. The number of hydrogen-bond donors (Lipinski definition) is 1. The molecule has 0 aliphatic rings. The van der Waals surface area contributed by atoms with E-state index in [0.717, 1.165) is 0 Å². The predicted octanol–water partition coefficient (Wildman–Crippen LogP) is 1.50. The van der Waals surface area contributed by atoms with Crippen LogP contribution in [0.25, 0.3) is 0 Å². The fraction of sp³-hybridized carbons (Fsp3) is 0.400. The van der Waals surface area contributed by atoms with Gasteiger partial charge in [-0.25, -0.2) is 0 Å². The molecular weight excluding hydrogens is 310 g/mol. The summed E-state index contributed by atoms with van der Waals surface area (Å²) in [6, 6.07) is 0.909. The molecule has 1 amide bonds. The van der Waals surface area contributed by atoms with Crippen LogP contribution in [0, 0.1) is 0 Å². The number of primary amides is 1. The van der Waals surface area contributed by atoms with Crippen LogP contribution in [0.4, 0.5) is 26.3 Å². The van der Waals surface area contributed by atoms with Gasteiger partial charge >= 0.3 is 12.4 Å². The highest BCUT2D eigenvalue weighted by atomic mass is 19.4. The number of carbonyl (C=O) groups excluding carboxylic acids is 1. The summed E-state index contributed by atoms with van der Waals surface area (Å²) in [4.78, 5) is 22.5. The van der Waals surface area contributed by atoms with Gasteiger partial charge in [-0.2, -0.15) is 26.3 Å². The molecule has 21 heavy (non-hydrogen) atoms. The van der Waals surface area contributed by atoms with Gasteiger partial charge in [-0.3, -0.25) is 14.2 Å². The smallest absolute Gasteiger partial charge is 0.365 e. The van der Waals surface area contributed by atoms with Crippen LogP contribution in [0.2, 0.25) is 0 Å². The number of alkyl halides is 6. The van der Waals surface area contributed by atoms with E-state index in [9.17, 15) is 35.9 Å². The number of halogens is 6. The van der Waals surface area contributed by atoms with Crippen molar-refractivity contribution in [2.24, 2.45) is 5.73 Å². The van der Waals surface area contributed by atoms with E-state index in [-0.39, 0.29) is 4.57 Å². The molecule has 2 N–H and O–H groups in total. The highest BCUT2D eigenvalue weighted by Gasteiger charge is 2.35. The van der Waals surface area contributed by atoms with Crippen molar-refractivity contribution in [2.75, 3.05) is 6.61 Å². The van der Waals surface area contributed by atoms with E-state index < -0.39 is 48.4 Å². The van der Waals surface area contributed by atoms with Crippen molar-refractivity contribution in [3.8, 4) is 0 Å². The Labute approximate surface area is 112 Å². The zero-order chi connectivity index (χ0) is 16.4. The first-order valence-electron chi connectivity index (χ1n) is 5.19. The lowest BCUT2D eigenvalue weighted by Crippen LogP contribution is -2.35. The first-order valence-corrected chi connectivity index (χ1v) is 5.19. The van der Waals surface area contributed by atoms with Gasteiger partial charge in [-0.15, -0.1) is 0 Å². The molecular formula is C10H8F6N2O3. The number of ether oxygens (including phenoxy) is 1. The van der Waals surface area contributed by atoms with Crippen LogP contribution in [-0.4, -0.2) is 23.3 Å². The summed E-state index contributed by atoms with van der Waals surface area (Å²) in [6.07, 6.45) is -9.79. The van der Waals surface area contributed by atoms with E-state index >= 15 is 0 Å². The third-order valence-corrected chi connectivity index (χ3v) is 2.22. The van der Waals surface area contributed by atoms with Crippen molar-refractivity contribution in [1.82, 2.24) is 4.57 Å². The molecule has 0 fully saturated rings. The number of nitrogens with two attached hydrogens (primary N) is 1. The summed E-state index contributed by atoms with van der Waals surface area (Å²) < 4.78 is 77.6. The number of aromatic nitrogens is 1. The number of carbonyl (C=O) groups is 1. The quantitative estimate of drug-likeness (QED) is 0.855. The van der Waals surface area contributed by atoms with E-state index in [1.54, 1.807) is 0 Å². The third kappa shape index (κ3) is 4.48. The van der Waals surface area contributed by atoms with Gasteiger partial charge in [-0.05, 0) is 12.1 Å². The zero-order valence-corrected chi connectivity index (χ0v) is 10.1. The van der Waals surface area contributed by atoms with Gasteiger partial charge in [0.25, 0.3) is 11.5 Å². The Hall–Kier alpha value is -2.04.